The second kappa shape index (κ2) is 7.66. The van der Waals surface area contributed by atoms with Crippen LogP contribution in [0.25, 0.3) is 0 Å². The lowest BCUT2D eigenvalue weighted by Gasteiger charge is -2.40. The van der Waals surface area contributed by atoms with Gasteiger partial charge < -0.3 is 19.7 Å². The highest BCUT2D eigenvalue weighted by Gasteiger charge is 2.36. The van der Waals surface area contributed by atoms with Gasteiger partial charge in [0.15, 0.2) is 22.4 Å². The fourth-order valence-electron chi connectivity index (χ4n) is 3.65. The number of hydrogen-bond acceptors (Lipinski definition) is 4. The molecule has 5 nitrogen and oxygen atoms in total. The molecular formula is C20H26N2O3S. The molecule has 0 saturated carbocycles. The quantitative estimate of drug-likeness (QED) is 0.793. The van der Waals surface area contributed by atoms with Crippen LogP contribution in [0, 0.1) is 0 Å². The van der Waals surface area contributed by atoms with Gasteiger partial charge in [0.1, 0.15) is 0 Å². The highest BCUT2D eigenvalue weighted by atomic mass is 32.1. The minimum atomic E-state index is -0.241. The lowest BCUT2D eigenvalue weighted by molar-refractivity contribution is -0.116. The molecule has 0 saturated heterocycles. The first kappa shape index (κ1) is 18.7. The number of thiocarbonyl (C=S) groups is 1. The minimum absolute atomic E-state index is 0.0579. The first-order valence-electron chi connectivity index (χ1n) is 9.15. The standard InChI is InChI=1S/C20H26N2O3S/c1-5-22-14-7-6-8-15(23)18(14)19(21-20(22)26)13-9-10-16(25-12(2)3)17(11-13)24-4/h9-12,19H,5-8H2,1-4H3,(H,21,26). The molecule has 6 heteroatoms. The van der Waals surface area contributed by atoms with Crippen molar-refractivity contribution in [1.82, 2.24) is 10.2 Å². The molecule has 1 aliphatic heterocycles. The van der Waals surface area contributed by atoms with Crippen LogP contribution in [0.15, 0.2) is 29.5 Å². The summed E-state index contributed by atoms with van der Waals surface area (Å²) in [5.74, 6) is 1.56. The molecule has 0 fully saturated rings. The van der Waals surface area contributed by atoms with Crippen LogP contribution in [0.3, 0.4) is 0 Å². The lowest BCUT2D eigenvalue weighted by Crippen LogP contribution is -2.49. The van der Waals surface area contributed by atoms with Crippen LogP contribution in [0.4, 0.5) is 0 Å². The van der Waals surface area contributed by atoms with Crippen molar-refractivity contribution in [1.29, 1.82) is 0 Å². The molecule has 140 valence electrons. The number of nitrogens with one attached hydrogen (secondary N) is 1. The van der Waals surface area contributed by atoms with E-state index in [-0.39, 0.29) is 17.9 Å². The molecule has 0 bridgehead atoms. The Hall–Kier alpha value is -2.08. The van der Waals surface area contributed by atoms with Crippen LogP contribution >= 0.6 is 12.2 Å². The van der Waals surface area contributed by atoms with E-state index in [0.29, 0.717) is 23.0 Å². The molecule has 1 unspecified atom stereocenters. The Balaban J connectivity index is 2.05. The zero-order valence-corrected chi connectivity index (χ0v) is 16.6. The van der Waals surface area contributed by atoms with Gasteiger partial charge in [0, 0.05) is 24.2 Å². The van der Waals surface area contributed by atoms with Gasteiger partial charge in [0.25, 0.3) is 0 Å². The maximum absolute atomic E-state index is 12.7. The van der Waals surface area contributed by atoms with Crippen LogP contribution < -0.4 is 14.8 Å². The predicted octanol–water partition coefficient (Wildman–Crippen LogP) is 3.74. The van der Waals surface area contributed by atoms with Crippen LogP contribution in [0.5, 0.6) is 11.5 Å². The molecule has 1 N–H and O–H groups in total. The Labute approximate surface area is 160 Å². The molecule has 26 heavy (non-hydrogen) atoms. The summed E-state index contributed by atoms with van der Waals surface area (Å²) in [5, 5.41) is 4.03. The average molecular weight is 375 g/mol. The van der Waals surface area contributed by atoms with E-state index in [1.807, 2.05) is 36.9 Å². The maximum atomic E-state index is 12.7. The topological polar surface area (TPSA) is 50.8 Å². The van der Waals surface area contributed by atoms with Crippen molar-refractivity contribution in [3.63, 3.8) is 0 Å². The van der Waals surface area contributed by atoms with Gasteiger partial charge in [-0.1, -0.05) is 6.07 Å². The molecule has 0 aromatic heterocycles. The molecule has 0 amide bonds. The third-order valence-electron chi connectivity index (χ3n) is 4.76. The van der Waals surface area contributed by atoms with Gasteiger partial charge in [-0.15, -0.1) is 0 Å². The van der Waals surface area contributed by atoms with Gasteiger partial charge >= 0.3 is 0 Å². The molecule has 0 radical (unpaired) electrons. The number of allylic oxidation sites excluding steroid dienone is 1. The molecule has 3 rings (SSSR count). The largest absolute Gasteiger partial charge is 0.493 e. The summed E-state index contributed by atoms with van der Waals surface area (Å²) >= 11 is 5.57. The molecular weight excluding hydrogens is 348 g/mol. The monoisotopic (exact) mass is 374 g/mol. The highest BCUT2D eigenvalue weighted by Crippen LogP contribution is 2.39. The van der Waals surface area contributed by atoms with E-state index < -0.39 is 0 Å². The zero-order valence-electron chi connectivity index (χ0n) is 15.8. The average Bonchev–Trinajstić information content (AvgIpc) is 2.61. The number of Topliss-reactive ketones (excluding diaryl/α,β-unsaturated/α-hetero) is 1. The number of ether oxygens (including phenoxy) is 2. The summed E-state index contributed by atoms with van der Waals surface area (Å²) in [5.41, 5.74) is 2.86. The summed E-state index contributed by atoms with van der Waals surface area (Å²) in [6.07, 6.45) is 2.42. The first-order valence-corrected chi connectivity index (χ1v) is 9.56. The number of nitrogens with zero attached hydrogens (tertiary/aromatic N) is 1. The second-order valence-corrected chi connectivity index (χ2v) is 7.23. The summed E-state index contributed by atoms with van der Waals surface area (Å²) in [6.45, 7) is 6.77. The Morgan fingerprint density at radius 2 is 2.08 bits per heavy atom. The molecule has 1 aromatic rings. The molecule has 2 aliphatic rings. The van der Waals surface area contributed by atoms with Crippen molar-refractivity contribution in [2.75, 3.05) is 13.7 Å². The van der Waals surface area contributed by atoms with Gasteiger partial charge in [-0.3, -0.25) is 4.79 Å². The normalized spacial score (nSPS) is 20.2. The van der Waals surface area contributed by atoms with Gasteiger partial charge in [-0.2, -0.15) is 0 Å². The van der Waals surface area contributed by atoms with E-state index >= 15 is 0 Å². The van der Waals surface area contributed by atoms with Crippen LogP contribution in [0.1, 0.15) is 51.6 Å². The van der Waals surface area contributed by atoms with E-state index in [1.165, 1.54) is 0 Å². The Kier molecular flexibility index (Phi) is 5.51. The second-order valence-electron chi connectivity index (χ2n) is 6.84. The van der Waals surface area contributed by atoms with Gasteiger partial charge in [0.2, 0.25) is 0 Å². The Morgan fingerprint density at radius 3 is 2.73 bits per heavy atom. The SMILES string of the molecule is CCN1C(=S)NC(c2ccc(OC(C)C)c(OC)c2)C2=C1CCCC2=O. The highest BCUT2D eigenvalue weighted by molar-refractivity contribution is 7.80. The summed E-state index contributed by atoms with van der Waals surface area (Å²) in [7, 11) is 1.63. The molecule has 1 atom stereocenters. The van der Waals surface area contributed by atoms with Crippen molar-refractivity contribution in [3.05, 3.63) is 35.0 Å². The Bertz CT molecular complexity index is 757. The summed E-state index contributed by atoms with van der Waals surface area (Å²) in [6, 6.07) is 5.58. The zero-order chi connectivity index (χ0) is 18.8. The number of rotatable bonds is 5. The van der Waals surface area contributed by atoms with E-state index in [9.17, 15) is 4.79 Å². The van der Waals surface area contributed by atoms with Crippen molar-refractivity contribution in [3.8, 4) is 11.5 Å². The molecule has 1 heterocycles. The summed E-state index contributed by atoms with van der Waals surface area (Å²) in [4.78, 5) is 14.8. The summed E-state index contributed by atoms with van der Waals surface area (Å²) < 4.78 is 11.3. The van der Waals surface area contributed by atoms with Crippen molar-refractivity contribution in [2.24, 2.45) is 0 Å². The van der Waals surface area contributed by atoms with E-state index in [1.54, 1.807) is 7.11 Å². The number of ketones is 1. The smallest absolute Gasteiger partial charge is 0.173 e. The van der Waals surface area contributed by atoms with Crippen LogP contribution in [-0.2, 0) is 4.79 Å². The number of carbonyl (C=O) groups is 1. The number of hydrogen-bond donors (Lipinski definition) is 1. The minimum Gasteiger partial charge on any atom is -0.493 e. The van der Waals surface area contributed by atoms with Crippen molar-refractivity contribution in [2.45, 2.75) is 52.2 Å². The Morgan fingerprint density at radius 1 is 1.31 bits per heavy atom. The third kappa shape index (κ3) is 3.43. The number of methoxy groups -OCH3 is 1. The fourth-order valence-corrected chi connectivity index (χ4v) is 4.01. The third-order valence-corrected chi connectivity index (χ3v) is 5.09. The van der Waals surface area contributed by atoms with Gasteiger partial charge in [-0.05, 0) is 63.5 Å². The first-order chi connectivity index (χ1) is 12.5. The number of benzene rings is 1. The maximum Gasteiger partial charge on any atom is 0.173 e. The van der Waals surface area contributed by atoms with Gasteiger partial charge in [0.05, 0.1) is 19.3 Å². The van der Waals surface area contributed by atoms with Crippen LogP contribution in [-0.4, -0.2) is 35.6 Å². The lowest BCUT2D eigenvalue weighted by atomic mass is 9.84. The van der Waals surface area contributed by atoms with E-state index in [4.69, 9.17) is 21.7 Å². The molecule has 1 aromatic carbocycles. The van der Waals surface area contributed by atoms with Gasteiger partial charge in [-0.25, -0.2) is 0 Å². The van der Waals surface area contributed by atoms with E-state index in [0.717, 1.165) is 36.2 Å². The van der Waals surface area contributed by atoms with Crippen molar-refractivity contribution >= 4 is 23.1 Å². The van der Waals surface area contributed by atoms with Crippen LogP contribution in [0.2, 0.25) is 0 Å². The van der Waals surface area contributed by atoms with Crippen molar-refractivity contribution < 1.29 is 14.3 Å². The molecule has 1 aliphatic carbocycles. The van der Waals surface area contributed by atoms with E-state index in [2.05, 4.69) is 12.2 Å². The predicted molar refractivity (Wildman–Crippen MR) is 105 cm³/mol. The number of carbonyl (C=O) groups excluding carboxylic acids is 1. The molecule has 0 spiro atoms. The fraction of sp³-hybridized carbons (Fsp3) is 0.500.